The predicted molar refractivity (Wildman–Crippen MR) is 137 cm³/mol. The van der Waals surface area contributed by atoms with Crippen molar-refractivity contribution in [3.63, 3.8) is 0 Å². The Morgan fingerprint density at radius 1 is 0.879 bits per heavy atom. The van der Waals surface area contributed by atoms with Crippen molar-refractivity contribution in [3.8, 4) is 0 Å². The quantitative estimate of drug-likeness (QED) is 0.233. The monoisotopic (exact) mass is 495 g/mol. The van der Waals surface area contributed by atoms with E-state index in [9.17, 15) is 9.59 Å². The third kappa shape index (κ3) is 5.25. The van der Waals surface area contributed by atoms with Crippen molar-refractivity contribution < 1.29 is 9.59 Å². The molecule has 4 rings (SSSR count). The fraction of sp³-hybridized carbons (Fsp3) is 0.0800. The van der Waals surface area contributed by atoms with Gasteiger partial charge < -0.3 is 5.32 Å². The first-order valence-electron chi connectivity index (χ1n) is 10.0. The van der Waals surface area contributed by atoms with E-state index >= 15 is 0 Å². The Balaban J connectivity index is 1.42. The molecule has 0 aliphatic carbocycles. The lowest BCUT2D eigenvalue weighted by molar-refractivity contribution is 0.0958. The van der Waals surface area contributed by atoms with E-state index < -0.39 is 0 Å². The molecule has 2 N–H and O–H groups in total. The van der Waals surface area contributed by atoms with Crippen molar-refractivity contribution in [1.82, 2.24) is 5.43 Å². The van der Waals surface area contributed by atoms with Crippen LogP contribution in [0.4, 0.5) is 5.69 Å². The summed E-state index contributed by atoms with van der Waals surface area (Å²) in [5.41, 5.74) is 6.26. The molecule has 1 aromatic heterocycles. The van der Waals surface area contributed by atoms with Crippen molar-refractivity contribution in [2.24, 2.45) is 5.10 Å². The second-order valence-electron chi connectivity index (χ2n) is 7.42. The van der Waals surface area contributed by atoms with Gasteiger partial charge in [0.25, 0.3) is 11.8 Å². The zero-order valence-corrected chi connectivity index (χ0v) is 20.1. The van der Waals surface area contributed by atoms with Crippen LogP contribution in [0.5, 0.6) is 0 Å². The Hall–Kier alpha value is -3.19. The van der Waals surface area contributed by atoms with Gasteiger partial charge in [-0.15, -0.1) is 11.3 Å². The summed E-state index contributed by atoms with van der Waals surface area (Å²) in [4.78, 5) is 25.4. The molecule has 3 aromatic carbocycles. The van der Waals surface area contributed by atoms with Crippen LogP contribution in [0.15, 0.2) is 71.8 Å². The summed E-state index contributed by atoms with van der Waals surface area (Å²) in [5, 5.41) is 8.90. The summed E-state index contributed by atoms with van der Waals surface area (Å²) in [6, 6.07) is 19.7. The van der Waals surface area contributed by atoms with E-state index in [1.54, 1.807) is 43.3 Å². The number of rotatable bonds is 5. The Kier molecular flexibility index (Phi) is 6.79. The summed E-state index contributed by atoms with van der Waals surface area (Å²) in [7, 11) is 0. The SMILES string of the molecule is CC(=NNC(=O)c1sc2cc(C)ccc2c1Cl)c1ccc(NC(=O)c2ccc(Cl)cc2)cc1. The molecule has 0 saturated carbocycles. The van der Waals surface area contributed by atoms with Gasteiger partial charge in [0.1, 0.15) is 4.88 Å². The minimum Gasteiger partial charge on any atom is -0.322 e. The van der Waals surface area contributed by atoms with Crippen molar-refractivity contribution >= 4 is 67.8 Å². The standard InChI is InChI=1S/C25H19Cl2N3O2S/c1-14-3-12-20-21(13-14)33-23(22(20)27)25(32)30-29-15(2)16-6-10-19(11-7-16)28-24(31)17-4-8-18(26)9-5-17/h3-13H,1-2H3,(H,28,31)(H,30,32). The number of nitrogens with zero attached hydrogens (tertiary/aromatic N) is 1. The first kappa shape index (κ1) is 23.0. The van der Waals surface area contributed by atoms with Crippen LogP contribution >= 0.6 is 34.5 Å². The molecule has 5 nitrogen and oxygen atoms in total. The topological polar surface area (TPSA) is 70.6 Å². The molecule has 33 heavy (non-hydrogen) atoms. The van der Waals surface area contributed by atoms with E-state index in [2.05, 4.69) is 15.8 Å². The van der Waals surface area contributed by atoms with E-state index in [0.29, 0.717) is 31.9 Å². The molecule has 0 spiro atoms. The molecule has 1 heterocycles. The lowest BCUT2D eigenvalue weighted by atomic mass is 10.1. The van der Waals surface area contributed by atoms with Gasteiger partial charge in [-0.25, -0.2) is 5.43 Å². The maximum atomic E-state index is 12.6. The number of aryl methyl sites for hydroxylation is 1. The van der Waals surface area contributed by atoms with Gasteiger partial charge in [-0.05, 0) is 67.4 Å². The van der Waals surface area contributed by atoms with Gasteiger partial charge in [0.15, 0.2) is 0 Å². The Labute approximate surface area is 205 Å². The molecule has 166 valence electrons. The predicted octanol–water partition coefficient (Wildman–Crippen LogP) is 6.92. The molecule has 0 unspecified atom stereocenters. The van der Waals surface area contributed by atoms with Crippen LogP contribution in [-0.2, 0) is 0 Å². The number of hydrogen-bond donors (Lipinski definition) is 2. The highest BCUT2D eigenvalue weighted by Gasteiger charge is 2.17. The van der Waals surface area contributed by atoms with Crippen LogP contribution < -0.4 is 10.7 Å². The molecule has 0 atom stereocenters. The average Bonchev–Trinajstić information content (AvgIpc) is 3.13. The molecule has 0 radical (unpaired) electrons. The fourth-order valence-corrected chi connectivity index (χ4v) is 4.80. The van der Waals surface area contributed by atoms with Gasteiger partial charge in [-0.1, -0.05) is 47.5 Å². The van der Waals surface area contributed by atoms with Gasteiger partial charge in [-0.3, -0.25) is 9.59 Å². The molecular weight excluding hydrogens is 477 g/mol. The second kappa shape index (κ2) is 9.75. The third-order valence-electron chi connectivity index (χ3n) is 4.98. The van der Waals surface area contributed by atoms with Crippen LogP contribution in [-0.4, -0.2) is 17.5 Å². The number of fused-ring (bicyclic) bond motifs is 1. The normalized spacial score (nSPS) is 11.5. The number of carbonyl (C=O) groups excluding carboxylic acids is 2. The molecular formula is C25H19Cl2N3O2S. The molecule has 8 heteroatoms. The molecule has 0 aliphatic rings. The van der Waals surface area contributed by atoms with Crippen molar-refractivity contribution in [2.45, 2.75) is 13.8 Å². The van der Waals surface area contributed by atoms with Crippen molar-refractivity contribution in [2.75, 3.05) is 5.32 Å². The van der Waals surface area contributed by atoms with Gasteiger partial charge in [-0.2, -0.15) is 5.10 Å². The zero-order valence-electron chi connectivity index (χ0n) is 17.8. The number of nitrogens with one attached hydrogen (secondary N) is 2. The van der Waals surface area contributed by atoms with E-state index in [-0.39, 0.29) is 11.8 Å². The summed E-state index contributed by atoms with van der Waals surface area (Å²) in [6.07, 6.45) is 0. The lowest BCUT2D eigenvalue weighted by Gasteiger charge is -2.07. The second-order valence-corrected chi connectivity index (χ2v) is 9.29. The van der Waals surface area contributed by atoms with Crippen molar-refractivity contribution in [1.29, 1.82) is 0 Å². The number of hydrogen-bond acceptors (Lipinski definition) is 4. The highest BCUT2D eigenvalue weighted by atomic mass is 35.5. The lowest BCUT2D eigenvalue weighted by Crippen LogP contribution is -2.18. The summed E-state index contributed by atoms with van der Waals surface area (Å²) in [5.74, 6) is -0.586. The number of anilines is 1. The maximum Gasteiger partial charge on any atom is 0.283 e. The Bertz CT molecular complexity index is 1380. The van der Waals surface area contributed by atoms with Crippen LogP contribution in [0.3, 0.4) is 0 Å². The van der Waals surface area contributed by atoms with Gasteiger partial charge in [0, 0.05) is 26.4 Å². The number of benzene rings is 3. The zero-order chi connectivity index (χ0) is 23.5. The summed E-state index contributed by atoms with van der Waals surface area (Å²) in [6.45, 7) is 3.78. The first-order chi connectivity index (χ1) is 15.8. The number of amides is 2. The van der Waals surface area contributed by atoms with E-state index in [0.717, 1.165) is 21.2 Å². The van der Waals surface area contributed by atoms with Crippen molar-refractivity contribution in [3.05, 3.63) is 98.3 Å². The van der Waals surface area contributed by atoms with Gasteiger partial charge in [0.05, 0.1) is 10.7 Å². The van der Waals surface area contributed by atoms with Crippen LogP contribution in [0.1, 0.15) is 38.1 Å². The third-order valence-corrected chi connectivity index (χ3v) is 6.89. The Morgan fingerprint density at radius 2 is 1.55 bits per heavy atom. The first-order valence-corrected chi connectivity index (χ1v) is 11.6. The number of hydrazone groups is 1. The maximum absolute atomic E-state index is 12.6. The average molecular weight is 496 g/mol. The van der Waals surface area contributed by atoms with Crippen LogP contribution in [0.25, 0.3) is 10.1 Å². The molecule has 4 aromatic rings. The molecule has 0 aliphatic heterocycles. The number of carbonyl (C=O) groups is 2. The van der Waals surface area contributed by atoms with Gasteiger partial charge in [0.2, 0.25) is 0 Å². The minimum atomic E-state index is -0.356. The van der Waals surface area contributed by atoms with Crippen LogP contribution in [0, 0.1) is 6.92 Å². The Morgan fingerprint density at radius 3 is 2.24 bits per heavy atom. The molecule has 0 fully saturated rings. The van der Waals surface area contributed by atoms with Crippen LogP contribution in [0.2, 0.25) is 10.0 Å². The largest absolute Gasteiger partial charge is 0.322 e. The summed E-state index contributed by atoms with van der Waals surface area (Å²) < 4.78 is 0.960. The smallest absolute Gasteiger partial charge is 0.283 e. The van der Waals surface area contributed by atoms with E-state index in [4.69, 9.17) is 23.2 Å². The highest BCUT2D eigenvalue weighted by Crippen LogP contribution is 2.35. The molecule has 2 amide bonds. The molecule has 0 saturated heterocycles. The van der Waals surface area contributed by atoms with E-state index in [1.165, 1.54) is 11.3 Å². The molecule has 0 bridgehead atoms. The van der Waals surface area contributed by atoms with E-state index in [1.807, 2.05) is 37.3 Å². The number of thiophene rings is 1. The highest BCUT2D eigenvalue weighted by molar-refractivity contribution is 7.21. The minimum absolute atomic E-state index is 0.229. The fourth-order valence-electron chi connectivity index (χ4n) is 3.17. The summed E-state index contributed by atoms with van der Waals surface area (Å²) >= 11 is 13.6. The van der Waals surface area contributed by atoms with Gasteiger partial charge >= 0.3 is 0 Å². The number of halogens is 2.